The normalized spacial score (nSPS) is 23.2. The molecule has 2 unspecified atom stereocenters. The molecule has 21 heavy (non-hydrogen) atoms. The molecule has 0 aliphatic carbocycles. The molecule has 2 aromatic rings. The molecule has 0 bridgehead atoms. The van der Waals surface area contributed by atoms with Gasteiger partial charge in [-0.05, 0) is 42.4 Å². The number of likely N-dealkylation sites (N-methyl/N-ethyl adjacent to an activating group) is 1. The van der Waals surface area contributed by atoms with Crippen molar-refractivity contribution in [3.63, 3.8) is 0 Å². The van der Waals surface area contributed by atoms with Crippen LogP contribution in [0, 0.1) is 0 Å². The Morgan fingerprint density at radius 2 is 1.62 bits per heavy atom. The van der Waals surface area contributed by atoms with Crippen LogP contribution in [0.4, 0.5) is 0 Å². The molecular formula is C17H18Cl2N2. The molecule has 2 aromatic carbocycles. The monoisotopic (exact) mass is 320 g/mol. The molecule has 1 fully saturated rings. The zero-order valence-electron chi connectivity index (χ0n) is 11.9. The van der Waals surface area contributed by atoms with E-state index in [-0.39, 0.29) is 12.1 Å². The predicted molar refractivity (Wildman–Crippen MR) is 89.0 cm³/mol. The van der Waals surface area contributed by atoms with Gasteiger partial charge in [-0.25, -0.2) is 0 Å². The first kappa shape index (κ1) is 14.9. The van der Waals surface area contributed by atoms with E-state index in [1.165, 1.54) is 11.1 Å². The molecule has 1 aliphatic rings. The summed E-state index contributed by atoms with van der Waals surface area (Å²) < 4.78 is 0. The second-order valence-electron chi connectivity index (χ2n) is 5.47. The quantitative estimate of drug-likeness (QED) is 0.887. The average Bonchev–Trinajstić information content (AvgIpc) is 2.47. The van der Waals surface area contributed by atoms with Crippen LogP contribution in [0.25, 0.3) is 0 Å². The fraction of sp³-hybridized carbons (Fsp3) is 0.294. The number of halogens is 2. The van der Waals surface area contributed by atoms with Gasteiger partial charge in [0.2, 0.25) is 0 Å². The van der Waals surface area contributed by atoms with Gasteiger partial charge in [0, 0.05) is 23.1 Å². The topological polar surface area (TPSA) is 15.3 Å². The number of nitrogens with one attached hydrogen (secondary N) is 1. The average molecular weight is 321 g/mol. The third kappa shape index (κ3) is 3.24. The second kappa shape index (κ2) is 6.37. The van der Waals surface area contributed by atoms with Crippen LogP contribution < -0.4 is 5.32 Å². The molecule has 1 aliphatic heterocycles. The third-order valence-corrected chi connectivity index (χ3v) is 4.49. The molecular weight excluding hydrogens is 303 g/mol. The van der Waals surface area contributed by atoms with Gasteiger partial charge >= 0.3 is 0 Å². The first-order chi connectivity index (χ1) is 10.1. The fourth-order valence-electron chi connectivity index (χ4n) is 3.04. The minimum absolute atomic E-state index is 0.209. The Kier molecular flexibility index (Phi) is 4.51. The predicted octanol–water partition coefficient (Wildman–Crippen LogP) is 4.31. The summed E-state index contributed by atoms with van der Waals surface area (Å²) in [7, 11) is 2.16. The van der Waals surface area contributed by atoms with Gasteiger partial charge in [-0.3, -0.25) is 4.90 Å². The minimum atomic E-state index is 0.209. The Morgan fingerprint density at radius 1 is 1.00 bits per heavy atom. The van der Waals surface area contributed by atoms with Gasteiger partial charge in [-0.15, -0.1) is 0 Å². The molecule has 0 radical (unpaired) electrons. The first-order valence-corrected chi connectivity index (χ1v) is 7.85. The summed E-state index contributed by atoms with van der Waals surface area (Å²) in [6, 6.07) is 16.6. The summed E-state index contributed by atoms with van der Waals surface area (Å²) in [6.07, 6.45) is 0. The maximum atomic E-state index is 6.17. The Bertz CT molecular complexity index is 630. The van der Waals surface area contributed by atoms with Gasteiger partial charge in [0.1, 0.15) is 0 Å². The van der Waals surface area contributed by atoms with E-state index in [2.05, 4.69) is 29.4 Å². The molecule has 3 rings (SSSR count). The third-order valence-electron chi connectivity index (χ3n) is 4.02. The SMILES string of the molecule is CN1CCNC(c2cccc(Cl)c2)C1c1cccc(Cl)c1. The van der Waals surface area contributed by atoms with Crippen LogP contribution in [-0.4, -0.2) is 25.0 Å². The van der Waals surface area contributed by atoms with Crippen molar-refractivity contribution < 1.29 is 0 Å². The van der Waals surface area contributed by atoms with Gasteiger partial charge in [-0.1, -0.05) is 47.5 Å². The van der Waals surface area contributed by atoms with Crippen LogP contribution >= 0.6 is 23.2 Å². The summed E-state index contributed by atoms with van der Waals surface area (Å²) in [5.41, 5.74) is 2.43. The van der Waals surface area contributed by atoms with E-state index in [0.717, 1.165) is 23.1 Å². The highest BCUT2D eigenvalue weighted by Crippen LogP contribution is 2.36. The van der Waals surface area contributed by atoms with Crippen molar-refractivity contribution in [3.8, 4) is 0 Å². The van der Waals surface area contributed by atoms with Crippen molar-refractivity contribution in [2.75, 3.05) is 20.1 Å². The smallest absolute Gasteiger partial charge is 0.0541 e. The summed E-state index contributed by atoms with van der Waals surface area (Å²) in [5, 5.41) is 5.16. The van der Waals surface area contributed by atoms with Crippen molar-refractivity contribution in [3.05, 3.63) is 69.7 Å². The Balaban J connectivity index is 2.00. The summed E-state index contributed by atoms with van der Waals surface area (Å²) in [5.74, 6) is 0. The number of hydrogen-bond donors (Lipinski definition) is 1. The molecule has 4 heteroatoms. The Labute approximate surface area is 135 Å². The molecule has 1 heterocycles. The van der Waals surface area contributed by atoms with E-state index in [1.54, 1.807) is 0 Å². The van der Waals surface area contributed by atoms with Crippen molar-refractivity contribution in [1.82, 2.24) is 10.2 Å². The maximum absolute atomic E-state index is 6.17. The van der Waals surface area contributed by atoms with Gasteiger partial charge in [0.15, 0.2) is 0 Å². The Hall–Kier alpha value is -1.06. The summed E-state index contributed by atoms with van der Waals surface area (Å²) >= 11 is 12.3. The minimum Gasteiger partial charge on any atom is -0.307 e. The highest BCUT2D eigenvalue weighted by molar-refractivity contribution is 6.30. The molecule has 0 amide bonds. The molecule has 1 N–H and O–H groups in total. The van der Waals surface area contributed by atoms with E-state index in [0.29, 0.717) is 0 Å². The van der Waals surface area contributed by atoms with Crippen LogP contribution in [0.5, 0.6) is 0 Å². The molecule has 2 nitrogen and oxygen atoms in total. The van der Waals surface area contributed by atoms with Crippen molar-refractivity contribution in [2.24, 2.45) is 0 Å². The molecule has 1 saturated heterocycles. The van der Waals surface area contributed by atoms with Crippen LogP contribution in [-0.2, 0) is 0 Å². The lowest BCUT2D eigenvalue weighted by atomic mass is 9.90. The van der Waals surface area contributed by atoms with Gasteiger partial charge < -0.3 is 5.32 Å². The summed E-state index contributed by atoms with van der Waals surface area (Å²) in [4.78, 5) is 2.37. The number of rotatable bonds is 2. The van der Waals surface area contributed by atoms with Gasteiger partial charge in [0.25, 0.3) is 0 Å². The number of nitrogens with zero attached hydrogens (tertiary/aromatic N) is 1. The number of benzene rings is 2. The molecule has 0 saturated carbocycles. The first-order valence-electron chi connectivity index (χ1n) is 7.10. The highest BCUT2D eigenvalue weighted by atomic mass is 35.5. The van der Waals surface area contributed by atoms with Crippen LogP contribution in [0.3, 0.4) is 0 Å². The summed E-state index contributed by atoms with van der Waals surface area (Å²) in [6.45, 7) is 1.97. The zero-order chi connectivity index (χ0) is 14.8. The van der Waals surface area contributed by atoms with Gasteiger partial charge in [0.05, 0.1) is 12.1 Å². The van der Waals surface area contributed by atoms with E-state index < -0.39 is 0 Å². The van der Waals surface area contributed by atoms with Gasteiger partial charge in [-0.2, -0.15) is 0 Å². The number of hydrogen-bond acceptors (Lipinski definition) is 2. The standard InChI is InChI=1S/C17H18Cl2N2/c1-21-9-8-20-16(12-4-2-6-14(18)10-12)17(21)13-5-3-7-15(19)11-13/h2-7,10-11,16-17,20H,8-9H2,1H3. The van der Waals surface area contributed by atoms with Crippen molar-refractivity contribution in [1.29, 1.82) is 0 Å². The van der Waals surface area contributed by atoms with Crippen LogP contribution in [0.1, 0.15) is 23.2 Å². The fourth-order valence-corrected chi connectivity index (χ4v) is 3.44. The second-order valence-corrected chi connectivity index (χ2v) is 6.34. The van der Waals surface area contributed by atoms with E-state index >= 15 is 0 Å². The molecule has 110 valence electrons. The van der Waals surface area contributed by atoms with Crippen LogP contribution in [0.15, 0.2) is 48.5 Å². The highest BCUT2D eigenvalue weighted by Gasteiger charge is 2.31. The van der Waals surface area contributed by atoms with E-state index in [1.807, 2.05) is 36.4 Å². The van der Waals surface area contributed by atoms with Crippen molar-refractivity contribution in [2.45, 2.75) is 12.1 Å². The molecule has 0 aromatic heterocycles. The molecule has 0 spiro atoms. The maximum Gasteiger partial charge on any atom is 0.0541 e. The number of piperazine rings is 1. The van der Waals surface area contributed by atoms with E-state index in [9.17, 15) is 0 Å². The largest absolute Gasteiger partial charge is 0.307 e. The molecule has 2 atom stereocenters. The lowest BCUT2D eigenvalue weighted by Crippen LogP contribution is -2.46. The van der Waals surface area contributed by atoms with Crippen LogP contribution in [0.2, 0.25) is 10.0 Å². The Morgan fingerprint density at radius 3 is 2.29 bits per heavy atom. The lowest BCUT2D eigenvalue weighted by Gasteiger charge is -2.40. The van der Waals surface area contributed by atoms with E-state index in [4.69, 9.17) is 23.2 Å². The lowest BCUT2D eigenvalue weighted by molar-refractivity contribution is 0.151. The van der Waals surface area contributed by atoms with Crippen molar-refractivity contribution >= 4 is 23.2 Å². The zero-order valence-corrected chi connectivity index (χ0v) is 13.4.